The molecule has 2 fully saturated rings. The van der Waals surface area contributed by atoms with Gasteiger partial charge in [-0.05, 0) is 38.3 Å². The van der Waals surface area contributed by atoms with E-state index in [2.05, 4.69) is 44.7 Å². The highest BCUT2D eigenvalue weighted by Crippen LogP contribution is 2.16. The Morgan fingerprint density at radius 1 is 0.867 bits per heavy atom. The number of nitrogens with one attached hydrogen (secondary N) is 1. The van der Waals surface area contributed by atoms with Gasteiger partial charge < -0.3 is 30.0 Å². The topological polar surface area (TPSA) is 196 Å². The highest BCUT2D eigenvalue weighted by Gasteiger charge is 2.18. The van der Waals surface area contributed by atoms with Gasteiger partial charge in [-0.2, -0.15) is 9.97 Å². The van der Waals surface area contributed by atoms with Crippen molar-refractivity contribution in [1.29, 1.82) is 0 Å². The second kappa shape index (κ2) is 16.0. The molecule has 2 atom stereocenters. The molecule has 2 saturated heterocycles. The maximum Gasteiger partial charge on any atom is 0.358 e. The van der Waals surface area contributed by atoms with Gasteiger partial charge in [0.2, 0.25) is 11.2 Å². The standard InChI is InChI=1S/C14H17N5O3.C10H9ClN4O2.C4H9NO/c1-9-5-15-14(17-10-3-4-22-7-10)18-12(9)19-6-11(16-8-19)13(20)21-2;1-6-3-12-10(11)14-8(6)15-4-7(13-5-15)9(16)17-2;5-4-1-2-6-3-4/h5-6,8,10H,3-4,7H2,1-2H3,(H,15,17,18);3-5H,1-2H3;4H,1-3,5H2/t10-;;4-/m0.0/s1. The number of nitrogens with zero attached hydrogens (tertiary/aromatic N) is 8. The highest BCUT2D eigenvalue weighted by atomic mass is 35.5. The van der Waals surface area contributed by atoms with Crippen molar-refractivity contribution < 1.29 is 28.5 Å². The van der Waals surface area contributed by atoms with Gasteiger partial charge in [0.25, 0.3) is 0 Å². The summed E-state index contributed by atoms with van der Waals surface area (Å²) < 4.78 is 22.7. The van der Waals surface area contributed by atoms with Gasteiger partial charge >= 0.3 is 11.9 Å². The lowest BCUT2D eigenvalue weighted by atomic mass is 10.3. The van der Waals surface area contributed by atoms with Crippen molar-refractivity contribution in [3.8, 4) is 11.6 Å². The molecule has 3 N–H and O–H groups in total. The number of aromatic nitrogens is 8. The monoisotopic (exact) mass is 642 g/mol. The van der Waals surface area contributed by atoms with Gasteiger partial charge in [-0.1, -0.05) is 0 Å². The van der Waals surface area contributed by atoms with Crippen LogP contribution in [0.5, 0.6) is 0 Å². The van der Waals surface area contributed by atoms with Crippen LogP contribution in [-0.2, 0) is 18.9 Å². The van der Waals surface area contributed by atoms with E-state index in [1.54, 1.807) is 27.7 Å². The van der Waals surface area contributed by atoms with Crippen molar-refractivity contribution in [2.75, 3.05) is 46.0 Å². The SMILES string of the molecule is COC(=O)c1cn(-c2nc(Cl)ncc2C)cn1.COC(=O)c1cn(-c2nc(N[C@H]3CCOC3)ncc2C)cn1.N[C@H]1CCOC1. The van der Waals surface area contributed by atoms with E-state index in [0.717, 1.165) is 43.8 Å². The number of anilines is 1. The normalized spacial score (nSPS) is 17.0. The average Bonchev–Trinajstić information content (AvgIpc) is 3.88. The van der Waals surface area contributed by atoms with Crippen LogP contribution < -0.4 is 11.1 Å². The molecule has 4 aromatic rings. The Balaban J connectivity index is 0.000000177. The molecule has 0 bridgehead atoms. The van der Waals surface area contributed by atoms with Crippen molar-refractivity contribution in [2.45, 2.75) is 38.8 Å². The summed E-state index contributed by atoms with van der Waals surface area (Å²) in [5.74, 6) is 0.796. The molecule has 17 heteroatoms. The quantitative estimate of drug-likeness (QED) is 0.229. The Morgan fingerprint density at radius 2 is 1.42 bits per heavy atom. The van der Waals surface area contributed by atoms with E-state index < -0.39 is 11.9 Å². The molecular weight excluding hydrogens is 608 g/mol. The maximum atomic E-state index is 11.5. The molecule has 0 saturated carbocycles. The molecule has 0 radical (unpaired) electrons. The molecule has 0 aromatic carbocycles. The fraction of sp³-hybridized carbons (Fsp3) is 0.429. The number of methoxy groups -OCH3 is 2. The van der Waals surface area contributed by atoms with Crippen molar-refractivity contribution in [2.24, 2.45) is 5.73 Å². The first-order valence-corrected chi connectivity index (χ1v) is 14.3. The van der Waals surface area contributed by atoms with Crippen LogP contribution in [0.25, 0.3) is 11.6 Å². The summed E-state index contributed by atoms with van der Waals surface area (Å²) in [6.45, 7) is 6.77. The van der Waals surface area contributed by atoms with Crippen LogP contribution in [0.2, 0.25) is 5.28 Å². The molecule has 2 aliphatic rings. The zero-order chi connectivity index (χ0) is 32.3. The number of hydrogen-bond acceptors (Lipinski definition) is 14. The minimum Gasteiger partial charge on any atom is -0.464 e. The van der Waals surface area contributed by atoms with Crippen molar-refractivity contribution in [1.82, 2.24) is 39.0 Å². The van der Waals surface area contributed by atoms with E-state index in [4.69, 9.17) is 26.8 Å². The van der Waals surface area contributed by atoms with Crippen molar-refractivity contribution >= 4 is 29.5 Å². The molecule has 16 nitrogen and oxygen atoms in total. The molecule has 4 aromatic heterocycles. The van der Waals surface area contributed by atoms with Crippen LogP contribution >= 0.6 is 11.6 Å². The smallest absolute Gasteiger partial charge is 0.358 e. The summed E-state index contributed by atoms with van der Waals surface area (Å²) in [7, 11) is 2.62. The number of carbonyl (C=O) groups excluding carboxylic acids is 2. The van der Waals surface area contributed by atoms with E-state index in [9.17, 15) is 9.59 Å². The lowest BCUT2D eigenvalue weighted by Crippen LogP contribution is -2.21. The Kier molecular flexibility index (Phi) is 11.9. The second-order valence-corrected chi connectivity index (χ2v) is 10.3. The average molecular weight is 643 g/mol. The Hall–Kier alpha value is -4.51. The van der Waals surface area contributed by atoms with Crippen LogP contribution in [0.15, 0.2) is 37.4 Å². The molecule has 45 heavy (non-hydrogen) atoms. The molecule has 6 rings (SSSR count). The molecule has 0 unspecified atom stereocenters. The predicted octanol–water partition coefficient (Wildman–Crippen LogP) is 2.10. The lowest BCUT2D eigenvalue weighted by molar-refractivity contribution is 0.0586. The van der Waals surface area contributed by atoms with Crippen LogP contribution in [0.3, 0.4) is 0 Å². The Bertz CT molecular complexity index is 1580. The fourth-order valence-corrected chi connectivity index (χ4v) is 4.25. The van der Waals surface area contributed by atoms with Gasteiger partial charge in [0, 0.05) is 55.2 Å². The van der Waals surface area contributed by atoms with Gasteiger partial charge in [0.15, 0.2) is 11.4 Å². The van der Waals surface area contributed by atoms with Gasteiger partial charge in [0.1, 0.15) is 24.3 Å². The Labute approximate surface area is 264 Å². The zero-order valence-electron chi connectivity index (χ0n) is 25.3. The third-order valence-electron chi connectivity index (χ3n) is 6.53. The van der Waals surface area contributed by atoms with Crippen LogP contribution in [0.1, 0.15) is 44.9 Å². The van der Waals surface area contributed by atoms with Gasteiger partial charge in [-0.15, -0.1) is 0 Å². The third-order valence-corrected chi connectivity index (χ3v) is 6.71. The molecule has 0 aliphatic carbocycles. The molecule has 6 heterocycles. The van der Waals surface area contributed by atoms with E-state index in [1.807, 2.05) is 13.8 Å². The van der Waals surface area contributed by atoms with E-state index >= 15 is 0 Å². The first kappa shape index (κ1) is 33.4. The second-order valence-electron chi connectivity index (χ2n) is 9.99. The van der Waals surface area contributed by atoms with E-state index in [0.29, 0.717) is 30.2 Å². The van der Waals surface area contributed by atoms with E-state index in [1.165, 1.54) is 33.1 Å². The largest absolute Gasteiger partial charge is 0.464 e. The van der Waals surface area contributed by atoms with Crippen molar-refractivity contribution in [3.05, 3.63) is 65.2 Å². The molecular formula is C28H35ClN10O6. The molecule has 240 valence electrons. The Morgan fingerprint density at radius 3 is 1.91 bits per heavy atom. The van der Waals surface area contributed by atoms with Gasteiger partial charge in [-0.3, -0.25) is 9.13 Å². The zero-order valence-corrected chi connectivity index (χ0v) is 26.1. The number of nitrogens with two attached hydrogens (primary N) is 1. The summed E-state index contributed by atoms with van der Waals surface area (Å²) in [4.78, 5) is 47.4. The molecule has 0 spiro atoms. The lowest BCUT2D eigenvalue weighted by Gasteiger charge is -2.12. The summed E-state index contributed by atoms with van der Waals surface area (Å²) >= 11 is 5.72. The van der Waals surface area contributed by atoms with Gasteiger partial charge in [0.05, 0.1) is 33.5 Å². The first-order chi connectivity index (χ1) is 21.7. The fourth-order valence-electron chi connectivity index (χ4n) is 4.12. The summed E-state index contributed by atoms with van der Waals surface area (Å²) in [6, 6.07) is 0.550. The van der Waals surface area contributed by atoms with E-state index in [-0.39, 0.29) is 22.7 Å². The summed E-state index contributed by atoms with van der Waals surface area (Å²) in [5, 5.41) is 3.38. The minimum absolute atomic E-state index is 0.138. The number of carbonyl (C=O) groups is 2. The van der Waals surface area contributed by atoms with Crippen molar-refractivity contribution in [3.63, 3.8) is 0 Å². The number of ether oxygens (including phenoxy) is 4. The number of halogens is 1. The third kappa shape index (κ3) is 9.24. The predicted molar refractivity (Wildman–Crippen MR) is 162 cm³/mol. The number of imidazole rings is 2. The minimum atomic E-state index is -0.499. The molecule has 2 aliphatic heterocycles. The van der Waals surface area contributed by atoms with Crippen LogP contribution in [0.4, 0.5) is 5.95 Å². The van der Waals surface area contributed by atoms with Crippen LogP contribution in [-0.4, -0.2) is 104 Å². The summed E-state index contributed by atoms with van der Waals surface area (Å²) in [5.41, 5.74) is 7.55. The molecule has 0 amide bonds. The first-order valence-electron chi connectivity index (χ1n) is 13.9. The van der Waals surface area contributed by atoms with Crippen LogP contribution in [0, 0.1) is 13.8 Å². The number of rotatable bonds is 6. The maximum absolute atomic E-state index is 11.5. The number of esters is 2. The van der Waals surface area contributed by atoms with Gasteiger partial charge in [-0.25, -0.2) is 29.5 Å². The summed E-state index contributed by atoms with van der Waals surface area (Å²) in [6.07, 6.45) is 11.4. The highest BCUT2D eigenvalue weighted by molar-refractivity contribution is 6.28. The number of aryl methyl sites for hydroxylation is 2. The number of hydrogen-bond donors (Lipinski definition) is 2.